The van der Waals surface area contributed by atoms with Crippen LogP contribution in [0.4, 0.5) is 11.5 Å². The number of pyridine rings is 1. The number of anilines is 2. The first-order valence-electron chi connectivity index (χ1n) is 7.27. The van der Waals surface area contributed by atoms with Gasteiger partial charge in [0.2, 0.25) is 0 Å². The zero-order valence-corrected chi connectivity index (χ0v) is 11.9. The first-order chi connectivity index (χ1) is 10.4. The summed E-state index contributed by atoms with van der Waals surface area (Å²) >= 11 is 0. The highest BCUT2D eigenvalue weighted by atomic mass is 15.2. The van der Waals surface area contributed by atoms with Crippen molar-refractivity contribution in [3.05, 3.63) is 66.7 Å². The number of hydrogen-bond donors (Lipinski definition) is 1. The number of fused-ring (bicyclic) bond motifs is 1. The van der Waals surface area contributed by atoms with E-state index in [2.05, 4.69) is 35.2 Å². The number of aromatic nitrogens is 1. The molecule has 3 heteroatoms. The molecule has 3 nitrogen and oxygen atoms in total. The molecule has 3 rings (SSSR count). The predicted molar refractivity (Wildman–Crippen MR) is 88.9 cm³/mol. The van der Waals surface area contributed by atoms with Crippen LogP contribution in [0.5, 0.6) is 0 Å². The van der Waals surface area contributed by atoms with Crippen molar-refractivity contribution < 1.29 is 0 Å². The Bertz CT molecular complexity index is 710. The maximum Gasteiger partial charge on any atom is 0.133 e. The van der Waals surface area contributed by atoms with Crippen LogP contribution in [-0.4, -0.2) is 18.1 Å². The van der Waals surface area contributed by atoms with Crippen LogP contribution in [0.3, 0.4) is 0 Å². The number of rotatable bonds is 5. The van der Waals surface area contributed by atoms with Crippen LogP contribution in [0.1, 0.15) is 6.42 Å². The molecule has 0 spiro atoms. The topological polar surface area (TPSA) is 42.1 Å². The molecule has 0 saturated carbocycles. The van der Waals surface area contributed by atoms with E-state index in [1.807, 2.05) is 36.4 Å². The zero-order chi connectivity index (χ0) is 14.5. The lowest BCUT2D eigenvalue weighted by molar-refractivity contribution is 0.811. The van der Waals surface area contributed by atoms with Crippen LogP contribution in [0, 0.1) is 0 Å². The molecule has 0 radical (unpaired) electrons. The third kappa shape index (κ3) is 3.03. The van der Waals surface area contributed by atoms with Crippen LogP contribution >= 0.6 is 0 Å². The van der Waals surface area contributed by atoms with Crippen LogP contribution in [0.25, 0.3) is 10.9 Å². The number of nitrogens with two attached hydrogens (primary N) is 1. The Balaban J connectivity index is 2.01. The molecule has 106 valence electrons. The minimum atomic E-state index is 0.677. The van der Waals surface area contributed by atoms with Crippen molar-refractivity contribution in [1.29, 1.82) is 0 Å². The van der Waals surface area contributed by atoms with E-state index in [1.54, 1.807) is 0 Å². The predicted octanol–water partition coefficient (Wildman–Crippen LogP) is 3.72. The lowest BCUT2D eigenvalue weighted by Crippen LogP contribution is -2.21. The summed E-state index contributed by atoms with van der Waals surface area (Å²) in [6.45, 7) is 1.54. The Labute approximate surface area is 125 Å². The van der Waals surface area contributed by atoms with E-state index >= 15 is 0 Å². The Morgan fingerprint density at radius 3 is 2.43 bits per heavy atom. The molecule has 0 aliphatic rings. The Morgan fingerprint density at radius 2 is 1.62 bits per heavy atom. The van der Waals surface area contributed by atoms with Gasteiger partial charge in [-0.3, -0.25) is 0 Å². The number of para-hydroxylation sites is 2. The molecule has 0 fully saturated rings. The Morgan fingerprint density at radius 1 is 0.857 bits per heavy atom. The fourth-order valence-corrected chi connectivity index (χ4v) is 2.44. The molecule has 2 N–H and O–H groups in total. The summed E-state index contributed by atoms with van der Waals surface area (Å²) in [4.78, 5) is 7.01. The summed E-state index contributed by atoms with van der Waals surface area (Å²) in [6.07, 6.45) is 0.934. The molecule has 21 heavy (non-hydrogen) atoms. The van der Waals surface area contributed by atoms with Crippen molar-refractivity contribution in [2.45, 2.75) is 6.42 Å². The van der Waals surface area contributed by atoms with E-state index in [0.717, 1.165) is 35.4 Å². The monoisotopic (exact) mass is 277 g/mol. The van der Waals surface area contributed by atoms with Gasteiger partial charge in [0.15, 0.2) is 0 Å². The fourth-order valence-electron chi connectivity index (χ4n) is 2.44. The Hall–Kier alpha value is -2.39. The maximum atomic E-state index is 5.68. The van der Waals surface area contributed by atoms with Gasteiger partial charge in [-0.05, 0) is 43.3 Å². The second-order valence-corrected chi connectivity index (χ2v) is 4.99. The SMILES string of the molecule is NCCCN(c1ccccc1)c1ccc2ccccc2n1. The van der Waals surface area contributed by atoms with Crippen molar-refractivity contribution in [3.8, 4) is 0 Å². The fraction of sp³-hybridized carbons (Fsp3) is 0.167. The van der Waals surface area contributed by atoms with Crippen molar-refractivity contribution >= 4 is 22.4 Å². The largest absolute Gasteiger partial charge is 0.330 e. The van der Waals surface area contributed by atoms with Gasteiger partial charge in [-0.2, -0.15) is 0 Å². The van der Waals surface area contributed by atoms with E-state index in [0.29, 0.717) is 6.54 Å². The highest BCUT2D eigenvalue weighted by molar-refractivity contribution is 5.81. The van der Waals surface area contributed by atoms with Crippen molar-refractivity contribution in [3.63, 3.8) is 0 Å². The second kappa shape index (κ2) is 6.37. The summed E-state index contributed by atoms with van der Waals surface area (Å²) in [5, 5.41) is 1.16. The van der Waals surface area contributed by atoms with Gasteiger partial charge in [0.05, 0.1) is 5.52 Å². The summed E-state index contributed by atoms with van der Waals surface area (Å²) in [6, 6.07) is 22.7. The molecule has 0 saturated heterocycles. The van der Waals surface area contributed by atoms with Gasteiger partial charge in [0.1, 0.15) is 5.82 Å². The molecular formula is C18H19N3. The quantitative estimate of drug-likeness (QED) is 0.773. The molecular weight excluding hydrogens is 258 g/mol. The lowest BCUT2D eigenvalue weighted by Gasteiger charge is -2.24. The van der Waals surface area contributed by atoms with Crippen LogP contribution in [-0.2, 0) is 0 Å². The summed E-state index contributed by atoms with van der Waals surface area (Å²) < 4.78 is 0. The van der Waals surface area contributed by atoms with Crippen molar-refractivity contribution in [2.75, 3.05) is 18.0 Å². The van der Waals surface area contributed by atoms with Crippen LogP contribution in [0.15, 0.2) is 66.7 Å². The molecule has 3 aromatic rings. The van der Waals surface area contributed by atoms with Gasteiger partial charge in [-0.25, -0.2) is 4.98 Å². The van der Waals surface area contributed by atoms with Crippen molar-refractivity contribution in [1.82, 2.24) is 4.98 Å². The van der Waals surface area contributed by atoms with Gasteiger partial charge in [0.25, 0.3) is 0 Å². The van der Waals surface area contributed by atoms with E-state index < -0.39 is 0 Å². The third-order valence-corrected chi connectivity index (χ3v) is 3.51. The highest BCUT2D eigenvalue weighted by Gasteiger charge is 2.10. The van der Waals surface area contributed by atoms with E-state index in [1.165, 1.54) is 0 Å². The molecule has 0 atom stereocenters. The number of benzene rings is 2. The molecule has 0 amide bonds. The first-order valence-corrected chi connectivity index (χ1v) is 7.27. The van der Waals surface area contributed by atoms with Gasteiger partial charge < -0.3 is 10.6 Å². The lowest BCUT2D eigenvalue weighted by atomic mass is 10.2. The van der Waals surface area contributed by atoms with Crippen LogP contribution < -0.4 is 10.6 Å². The molecule has 1 heterocycles. The minimum Gasteiger partial charge on any atom is -0.330 e. The van der Waals surface area contributed by atoms with Gasteiger partial charge >= 0.3 is 0 Å². The Kier molecular flexibility index (Phi) is 4.12. The zero-order valence-electron chi connectivity index (χ0n) is 11.9. The second-order valence-electron chi connectivity index (χ2n) is 4.99. The van der Waals surface area contributed by atoms with Crippen LogP contribution in [0.2, 0.25) is 0 Å². The number of nitrogens with zero attached hydrogens (tertiary/aromatic N) is 2. The van der Waals surface area contributed by atoms with E-state index in [9.17, 15) is 0 Å². The number of hydrogen-bond acceptors (Lipinski definition) is 3. The average molecular weight is 277 g/mol. The normalized spacial score (nSPS) is 10.7. The summed E-state index contributed by atoms with van der Waals surface area (Å²) in [5.41, 5.74) is 7.84. The molecule has 0 aliphatic carbocycles. The summed E-state index contributed by atoms with van der Waals surface area (Å²) in [7, 11) is 0. The van der Waals surface area contributed by atoms with Gasteiger partial charge in [-0.1, -0.05) is 36.4 Å². The molecule has 0 unspecified atom stereocenters. The molecule has 1 aromatic heterocycles. The van der Waals surface area contributed by atoms with E-state index in [-0.39, 0.29) is 0 Å². The molecule has 0 bridgehead atoms. The molecule has 2 aromatic carbocycles. The maximum absolute atomic E-state index is 5.68. The first kappa shape index (κ1) is 13.6. The minimum absolute atomic E-state index is 0.677. The van der Waals surface area contributed by atoms with Crippen molar-refractivity contribution in [2.24, 2.45) is 5.73 Å². The standard InChI is InChI=1S/C18H19N3/c19-13-6-14-21(16-8-2-1-3-9-16)18-12-11-15-7-4-5-10-17(15)20-18/h1-5,7-12H,6,13-14,19H2. The third-order valence-electron chi connectivity index (χ3n) is 3.51. The smallest absolute Gasteiger partial charge is 0.133 e. The van der Waals surface area contributed by atoms with Gasteiger partial charge in [-0.15, -0.1) is 0 Å². The van der Waals surface area contributed by atoms with E-state index in [4.69, 9.17) is 10.7 Å². The van der Waals surface area contributed by atoms with Gasteiger partial charge in [0, 0.05) is 17.6 Å². The average Bonchev–Trinajstić information content (AvgIpc) is 2.56. The summed E-state index contributed by atoms with van der Waals surface area (Å²) in [5.74, 6) is 0.966. The highest BCUT2D eigenvalue weighted by Crippen LogP contribution is 2.25. The molecule has 0 aliphatic heterocycles.